The molecule has 9 heteroatoms. The fraction of sp³-hybridized carbons (Fsp3) is 0.560. The summed E-state index contributed by atoms with van der Waals surface area (Å²) in [6.07, 6.45) is 1.85. The highest BCUT2D eigenvalue weighted by molar-refractivity contribution is 5.76. The molecule has 2 aliphatic heterocycles. The number of nitrogens with zero attached hydrogens (tertiary/aromatic N) is 5. The van der Waals surface area contributed by atoms with Gasteiger partial charge in [0.1, 0.15) is 0 Å². The van der Waals surface area contributed by atoms with Crippen LogP contribution in [-0.4, -0.2) is 70.1 Å². The molecule has 1 saturated carbocycles. The molecule has 3 heterocycles. The zero-order valence-electron chi connectivity index (χ0n) is 19.7. The van der Waals surface area contributed by atoms with Gasteiger partial charge >= 0.3 is 6.03 Å². The van der Waals surface area contributed by atoms with Gasteiger partial charge in [-0.25, -0.2) is 23.5 Å². The monoisotopic (exact) mass is 470 g/mol. The van der Waals surface area contributed by atoms with Crippen molar-refractivity contribution >= 4 is 12.0 Å². The van der Waals surface area contributed by atoms with Crippen molar-refractivity contribution in [2.45, 2.75) is 57.8 Å². The third kappa shape index (κ3) is 4.58. The number of aromatic nitrogens is 2. The van der Waals surface area contributed by atoms with Gasteiger partial charge in [-0.3, -0.25) is 4.90 Å². The van der Waals surface area contributed by atoms with Crippen LogP contribution in [-0.2, 0) is 6.54 Å². The number of anilines is 1. The Morgan fingerprint density at radius 2 is 1.71 bits per heavy atom. The van der Waals surface area contributed by atoms with Crippen LogP contribution in [0.15, 0.2) is 42.7 Å². The number of urea groups is 1. The molecule has 0 radical (unpaired) electrons. The van der Waals surface area contributed by atoms with Gasteiger partial charge in [-0.2, -0.15) is 0 Å². The molecule has 1 spiro atoms. The molecule has 1 aliphatic carbocycles. The highest BCUT2D eigenvalue weighted by Crippen LogP contribution is 2.48. The lowest BCUT2D eigenvalue weighted by Gasteiger charge is -2.59. The van der Waals surface area contributed by atoms with E-state index < -0.39 is 6.43 Å². The van der Waals surface area contributed by atoms with Crippen molar-refractivity contribution in [2.75, 3.05) is 31.1 Å². The van der Waals surface area contributed by atoms with E-state index in [4.69, 9.17) is 0 Å². The number of nitrogens with one attached hydrogen (secondary N) is 1. The summed E-state index contributed by atoms with van der Waals surface area (Å²) in [5.74, 6) is 0.425. The highest BCUT2D eigenvalue weighted by Gasteiger charge is 2.52. The van der Waals surface area contributed by atoms with E-state index in [0.717, 1.165) is 32.5 Å². The number of hydrogen-bond acceptors (Lipinski definition) is 5. The number of benzene rings is 1. The summed E-state index contributed by atoms with van der Waals surface area (Å²) in [6, 6.07) is 10.7. The Bertz CT molecular complexity index is 978. The van der Waals surface area contributed by atoms with E-state index >= 15 is 0 Å². The van der Waals surface area contributed by atoms with Crippen molar-refractivity contribution < 1.29 is 13.6 Å². The quantitative estimate of drug-likeness (QED) is 0.722. The zero-order chi connectivity index (χ0) is 23.9. The Morgan fingerprint density at radius 1 is 1.09 bits per heavy atom. The summed E-state index contributed by atoms with van der Waals surface area (Å²) in [5, 5.41) is 3.24. The molecule has 0 bridgehead atoms. The van der Waals surface area contributed by atoms with E-state index in [0.29, 0.717) is 24.5 Å². The summed E-state index contributed by atoms with van der Waals surface area (Å²) in [5.41, 5.74) is 1.53. The molecule has 2 saturated heterocycles. The zero-order valence-corrected chi connectivity index (χ0v) is 19.7. The molecule has 1 N–H and O–H groups in total. The van der Waals surface area contributed by atoms with Crippen LogP contribution in [0.25, 0.3) is 0 Å². The van der Waals surface area contributed by atoms with Crippen molar-refractivity contribution in [2.24, 2.45) is 5.41 Å². The SMILES string of the molecule is C[C@@H]1CN(c2ncc(C(F)F)cn2)C[C@H](C)N1C(=O)NC1CC2(C1)CN(Cc1ccccc1)C2. The minimum atomic E-state index is -2.58. The number of carbonyl (C=O) groups is 1. The van der Waals surface area contributed by atoms with Crippen LogP contribution in [0.4, 0.5) is 19.5 Å². The van der Waals surface area contributed by atoms with E-state index in [1.165, 1.54) is 18.0 Å². The normalized spacial score (nSPS) is 24.7. The largest absolute Gasteiger partial charge is 0.337 e. The molecule has 2 aromatic rings. The molecule has 1 aromatic heterocycles. The number of alkyl halides is 2. The van der Waals surface area contributed by atoms with Crippen molar-refractivity contribution in [3.05, 3.63) is 53.9 Å². The number of amides is 2. The van der Waals surface area contributed by atoms with Gasteiger partial charge in [0.2, 0.25) is 5.95 Å². The maximum Gasteiger partial charge on any atom is 0.318 e. The lowest BCUT2D eigenvalue weighted by Crippen LogP contribution is -2.68. The molecule has 2 atom stereocenters. The Hall–Kier alpha value is -2.81. The fourth-order valence-corrected chi connectivity index (χ4v) is 5.94. The van der Waals surface area contributed by atoms with E-state index in [9.17, 15) is 13.6 Å². The van der Waals surface area contributed by atoms with Gasteiger partial charge in [0.15, 0.2) is 0 Å². The number of carbonyl (C=O) groups excluding carboxylic acids is 1. The second-order valence-corrected chi connectivity index (χ2v) is 10.3. The fourth-order valence-electron chi connectivity index (χ4n) is 5.94. The first-order chi connectivity index (χ1) is 16.3. The minimum absolute atomic E-state index is 0.0195. The molecule has 2 amide bonds. The Labute approximate surface area is 199 Å². The third-order valence-electron chi connectivity index (χ3n) is 7.40. The molecule has 7 nitrogen and oxygen atoms in total. The molecule has 0 unspecified atom stereocenters. The van der Waals surface area contributed by atoms with Crippen LogP contribution in [0.5, 0.6) is 0 Å². The number of likely N-dealkylation sites (tertiary alicyclic amines) is 1. The lowest BCUT2D eigenvalue weighted by molar-refractivity contribution is -0.0812. The van der Waals surface area contributed by atoms with Gasteiger partial charge < -0.3 is 15.1 Å². The molecule has 34 heavy (non-hydrogen) atoms. The molecular formula is C25H32F2N6O. The summed E-state index contributed by atoms with van der Waals surface area (Å²) >= 11 is 0. The predicted molar refractivity (Wildman–Crippen MR) is 126 cm³/mol. The van der Waals surface area contributed by atoms with E-state index in [-0.39, 0.29) is 29.7 Å². The smallest absolute Gasteiger partial charge is 0.318 e. The Morgan fingerprint density at radius 3 is 2.29 bits per heavy atom. The first kappa shape index (κ1) is 23.0. The number of rotatable bonds is 5. The third-order valence-corrected chi connectivity index (χ3v) is 7.40. The van der Waals surface area contributed by atoms with E-state index in [2.05, 4.69) is 44.5 Å². The topological polar surface area (TPSA) is 64.6 Å². The predicted octanol–water partition coefficient (Wildman–Crippen LogP) is 3.69. The standard InChI is InChI=1S/C25H32F2N6O/c1-17-12-32(23-28-10-20(11-29-23)22(26)27)13-18(2)33(17)24(34)30-21-8-25(9-21)15-31(16-25)14-19-6-4-3-5-7-19/h3-7,10-11,17-18,21-22H,8-9,12-16H2,1-2H3,(H,30,34)/t17-,18+. The Balaban J connectivity index is 1.09. The number of hydrogen-bond donors (Lipinski definition) is 1. The molecule has 182 valence electrons. The van der Waals surface area contributed by atoms with Crippen molar-refractivity contribution in [1.82, 2.24) is 25.1 Å². The van der Waals surface area contributed by atoms with Crippen molar-refractivity contribution in [3.63, 3.8) is 0 Å². The average molecular weight is 471 g/mol. The summed E-state index contributed by atoms with van der Waals surface area (Å²) < 4.78 is 25.6. The Kier molecular flexibility index (Phi) is 6.14. The van der Waals surface area contributed by atoms with Gasteiger partial charge in [-0.15, -0.1) is 0 Å². The molecule has 3 aliphatic rings. The van der Waals surface area contributed by atoms with Gasteiger partial charge in [-0.1, -0.05) is 30.3 Å². The highest BCUT2D eigenvalue weighted by atomic mass is 19.3. The minimum Gasteiger partial charge on any atom is -0.337 e. The molecular weight excluding hydrogens is 438 g/mol. The maximum atomic E-state index is 13.1. The summed E-state index contributed by atoms with van der Waals surface area (Å²) in [7, 11) is 0. The first-order valence-electron chi connectivity index (χ1n) is 12.0. The number of halogens is 2. The summed E-state index contributed by atoms with van der Waals surface area (Å²) in [4.78, 5) is 27.6. The second kappa shape index (κ2) is 9.09. The molecule has 5 rings (SSSR count). The molecule has 1 aromatic carbocycles. The molecule has 3 fully saturated rings. The van der Waals surface area contributed by atoms with E-state index in [1.54, 1.807) is 0 Å². The average Bonchev–Trinajstić information content (AvgIpc) is 2.76. The van der Waals surface area contributed by atoms with Crippen LogP contribution in [0.2, 0.25) is 0 Å². The van der Waals surface area contributed by atoms with Crippen LogP contribution < -0.4 is 10.2 Å². The van der Waals surface area contributed by atoms with Gasteiger partial charge in [0, 0.05) is 63.2 Å². The van der Waals surface area contributed by atoms with Crippen LogP contribution >= 0.6 is 0 Å². The maximum absolute atomic E-state index is 13.1. The van der Waals surface area contributed by atoms with Crippen LogP contribution in [0.1, 0.15) is 44.2 Å². The van der Waals surface area contributed by atoms with Crippen LogP contribution in [0.3, 0.4) is 0 Å². The van der Waals surface area contributed by atoms with Gasteiger partial charge in [0.05, 0.1) is 5.56 Å². The van der Waals surface area contributed by atoms with Gasteiger partial charge in [-0.05, 0) is 37.7 Å². The van der Waals surface area contributed by atoms with Crippen molar-refractivity contribution in [1.29, 1.82) is 0 Å². The first-order valence-corrected chi connectivity index (χ1v) is 12.0. The van der Waals surface area contributed by atoms with Gasteiger partial charge in [0.25, 0.3) is 6.43 Å². The lowest BCUT2D eigenvalue weighted by atomic mass is 9.60. The second-order valence-electron chi connectivity index (χ2n) is 10.3. The van der Waals surface area contributed by atoms with E-state index in [1.807, 2.05) is 29.7 Å². The summed E-state index contributed by atoms with van der Waals surface area (Å²) in [6.45, 7) is 8.34. The number of piperazine rings is 1. The van der Waals surface area contributed by atoms with Crippen molar-refractivity contribution in [3.8, 4) is 0 Å². The van der Waals surface area contributed by atoms with Crippen LogP contribution in [0, 0.1) is 5.41 Å².